The topological polar surface area (TPSA) is 318 Å². The van der Waals surface area contributed by atoms with Crippen LogP contribution < -0.4 is 4.74 Å². The van der Waals surface area contributed by atoms with E-state index in [1.54, 1.807) is 46.8 Å². The van der Waals surface area contributed by atoms with Gasteiger partial charge >= 0.3 is 0 Å². The number of phenols is 2. The van der Waals surface area contributed by atoms with E-state index in [1.807, 2.05) is 0 Å². The van der Waals surface area contributed by atoms with Gasteiger partial charge in [-0.2, -0.15) is 0 Å². The molecule has 7 unspecified atom stereocenters. The van der Waals surface area contributed by atoms with Crippen molar-refractivity contribution in [1.82, 2.24) is 0 Å². The third-order valence-electron chi connectivity index (χ3n) is 13.1. The van der Waals surface area contributed by atoms with Crippen LogP contribution in [-0.4, -0.2) is 202 Å². The molecule has 2 heterocycles. The van der Waals surface area contributed by atoms with Crippen molar-refractivity contribution in [3.05, 3.63) is 28.8 Å². The number of benzene rings is 2. The van der Waals surface area contributed by atoms with Crippen molar-refractivity contribution in [3.8, 4) is 17.2 Å². The fraction of sp³-hybridized carbons (Fsp3) is 0.745. The second-order valence-electron chi connectivity index (χ2n) is 18.2. The number of aliphatic hydroxyl groups is 7. The van der Waals surface area contributed by atoms with Crippen LogP contribution in [0.2, 0.25) is 0 Å². The van der Waals surface area contributed by atoms with Gasteiger partial charge < -0.3 is 98.1 Å². The molecule has 1 aliphatic carbocycles. The Morgan fingerprint density at radius 2 is 1.38 bits per heavy atom. The van der Waals surface area contributed by atoms with E-state index in [0.29, 0.717) is 0 Å². The van der Waals surface area contributed by atoms with Crippen molar-refractivity contribution >= 4 is 22.3 Å². The maximum absolute atomic E-state index is 14.4. The first-order valence-electron chi connectivity index (χ1n) is 23.2. The van der Waals surface area contributed by atoms with Gasteiger partial charge in [-0.05, 0) is 84.9 Å². The Labute approximate surface area is 400 Å². The van der Waals surface area contributed by atoms with Crippen molar-refractivity contribution in [2.75, 3.05) is 40.7 Å². The van der Waals surface area contributed by atoms with Gasteiger partial charge in [-0.15, -0.1) is 0 Å². The molecule has 5 rings (SSSR count). The summed E-state index contributed by atoms with van der Waals surface area (Å²) in [4.78, 5) is 26.9. The molecule has 0 radical (unpaired) electrons. The van der Waals surface area contributed by atoms with Crippen molar-refractivity contribution in [3.63, 3.8) is 0 Å². The van der Waals surface area contributed by atoms with Crippen LogP contribution in [-0.2, 0) is 58.6 Å². The van der Waals surface area contributed by atoms with Gasteiger partial charge in [0.25, 0.3) is 0 Å². The predicted molar refractivity (Wildman–Crippen MR) is 239 cm³/mol. The molecule has 9 N–H and O–H groups in total. The van der Waals surface area contributed by atoms with E-state index in [9.17, 15) is 55.5 Å². The highest BCUT2D eigenvalue weighted by Crippen LogP contribution is 2.47. The second kappa shape index (κ2) is 25.4. The average Bonchev–Trinajstić information content (AvgIpc) is 3.29. The minimum atomic E-state index is -1.67. The van der Waals surface area contributed by atoms with Gasteiger partial charge in [0.05, 0.1) is 79.1 Å². The maximum atomic E-state index is 14.4. The van der Waals surface area contributed by atoms with Gasteiger partial charge in [0.15, 0.2) is 17.9 Å². The number of Topliss-reactive ketones (excluding diaryl/α,β-unsaturated/α-hetero) is 2. The minimum absolute atomic E-state index is 0.00282. The highest BCUT2D eigenvalue weighted by molar-refractivity contribution is 6.11. The highest BCUT2D eigenvalue weighted by Gasteiger charge is 2.47. The molecule has 2 aliphatic heterocycles. The number of carbonyl (C=O) groups is 2. The number of fused-ring (bicyclic) bond motifs is 2. The van der Waals surface area contributed by atoms with E-state index in [0.717, 1.165) is 6.92 Å². The molecule has 0 bridgehead atoms. The first-order chi connectivity index (χ1) is 32.5. The Morgan fingerprint density at radius 1 is 0.797 bits per heavy atom. The molecular weight excluding hydrogens is 916 g/mol. The van der Waals surface area contributed by atoms with E-state index in [1.165, 1.54) is 21.0 Å². The number of carbonyl (C=O) groups excluding carboxylic acids is 2. The molecular formula is C47H72O22. The average molecular weight is 989 g/mol. The summed E-state index contributed by atoms with van der Waals surface area (Å²) in [6, 6.07) is 3.11. The summed E-state index contributed by atoms with van der Waals surface area (Å²) in [5.41, 5.74) is 0.280. The van der Waals surface area contributed by atoms with E-state index in [-0.39, 0.29) is 79.3 Å². The van der Waals surface area contributed by atoms with Gasteiger partial charge in [-0.3, -0.25) is 9.59 Å². The number of rotatable bonds is 25. The van der Waals surface area contributed by atoms with Crippen LogP contribution in [0.25, 0.3) is 10.8 Å². The third kappa shape index (κ3) is 14.0. The van der Waals surface area contributed by atoms with Crippen LogP contribution >= 0.6 is 0 Å². The van der Waals surface area contributed by atoms with Gasteiger partial charge in [0, 0.05) is 31.4 Å². The number of phenolic OH excluding ortho intramolecular Hbond substituents is 2. The zero-order valence-corrected chi connectivity index (χ0v) is 40.5. The number of hydrogen-bond acceptors (Lipinski definition) is 22. The van der Waals surface area contributed by atoms with Crippen molar-refractivity contribution in [2.24, 2.45) is 5.92 Å². The number of methoxy groups -OCH3 is 1. The van der Waals surface area contributed by atoms with E-state index >= 15 is 0 Å². The lowest BCUT2D eigenvalue weighted by Crippen LogP contribution is -2.53. The maximum Gasteiger partial charge on any atom is 0.202 e. The normalized spacial score (nSPS) is 29.9. The Kier molecular flexibility index (Phi) is 20.9. The number of ketones is 2. The standard InChI is InChI=1S/C47H72O22/c1-20-34(68-37-14-35(43(56)27(8)67-37)69-36-13-31(50)42(55)26(7)66-36)12-29-10-28-11-30(46(59-9)41(54)22(3)49)47(45(58)39(28)44(57)38(29)40(20)53)65-19-64-25(6)33(52)16-61-18-63-24(5)32(51)15-60-17-62-23(4)21(2)48/h10,12,21,23-27,30-33,35-37,41-43,46-48,50-57H,11,13-19H2,1-9H3/t21-,23?,24?,25?,26?,27?,30-,31?,32+,33-,35?,36-,37-,41-,42+,43+,46-,47-/m0/s1. The first kappa shape index (κ1) is 56.7. The van der Waals surface area contributed by atoms with Crippen molar-refractivity contribution in [2.45, 2.75) is 179 Å². The van der Waals surface area contributed by atoms with Gasteiger partial charge in [-0.1, -0.05) is 0 Å². The first-order valence-corrected chi connectivity index (χ1v) is 23.2. The zero-order valence-electron chi connectivity index (χ0n) is 40.5. The number of aromatic hydroxyl groups is 2. The predicted octanol–water partition coefficient (Wildman–Crippen LogP) is 0.605. The molecule has 69 heavy (non-hydrogen) atoms. The minimum Gasteiger partial charge on any atom is -0.507 e. The van der Waals surface area contributed by atoms with Crippen molar-refractivity contribution in [1.29, 1.82) is 0 Å². The molecule has 18 atom stereocenters. The molecule has 22 nitrogen and oxygen atoms in total. The number of ether oxygens (including phenoxy) is 11. The summed E-state index contributed by atoms with van der Waals surface area (Å²) in [6.45, 7) is 10.9. The summed E-state index contributed by atoms with van der Waals surface area (Å²) in [6.07, 6.45) is -17.1. The van der Waals surface area contributed by atoms with Gasteiger partial charge in [0.2, 0.25) is 6.29 Å². The van der Waals surface area contributed by atoms with Crippen LogP contribution in [0.5, 0.6) is 17.2 Å². The van der Waals surface area contributed by atoms with Gasteiger partial charge in [0.1, 0.15) is 74.3 Å². The summed E-state index contributed by atoms with van der Waals surface area (Å²) in [5, 5.41) is 96.3. The quantitative estimate of drug-likeness (QED) is 0.0486. The molecule has 0 amide bonds. The largest absolute Gasteiger partial charge is 0.507 e. The second-order valence-corrected chi connectivity index (χ2v) is 18.2. The van der Waals surface area contributed by atoms with Crippen LogP contribution in [0.3, 0.4) is 0 Å². The van der Waals surface area contributed by atoms with E-state index in [2.05, 4.69) is 0 Å². The molecule has 0 aromatic heterocycles. The molecule has 2 aromatic carbocycles. The Hall–Kier alpha value is -3.24. The lowest BCUT2D eigenvalue weighted by Gasteiger charge is -2.41. The molecule has 3 aliphatic rings. The fourth-order valence-electron chi connectivity index (χ4n) is 8.34. The Bertz CT molecular complexity index is 1970. The number of aliphatic hydroxyl groups excluding tert-OH is 7. The van der Waals surface area contributed by atoms with Gasteiger partial charge in [-0.25, -0.2) is 0 Å². The van der Waals surface area contributed by atoms with Crippen LogP contribution in [0.1, 0.15) is 82.8 Å². The fourth-order valence-corrected chi connectivity index (χ4v) is 8.34. The molecule has 0 spiro atoms. The Morgan fingerprint density at radius 3 is 1.96 bits per heavy atom. The monoisotopic (exact) mass is 988 g/mol. The summed E-state index contributed by atoms with van der Waals surface area (Å²) < 4.78 is 62.7. The summed E-state index contributed by atoms with van der Waals surface area (Å²) in [7, 11) is 1.26. The SMILES string of the molecule is CO[C@@H]([C@@H]1Cc2cc3cc(O[C@H]4CC(O[C@H]5CC(O)[C@H](O)C(C)O5)[C@H](O)C(C)O4)c(C)c(O)c3c(O)c2C(=O)[C@H]1OCOC(C)[C@@H](O)COCOC(C)[C@H](O)COCOC(C)[C@H](C)O)[C@@H](O)C(C)=O. The lowest BCUT2D eigenvalue weighted by atomic mass is 9.75. The zero-order chi connectivity index (χ0) is 51.0. The highest BCUT2D eigenvalue weighted by atomic mass is 16.7. The molecule has 0 saturated carbocycles. The summed E-state index contributed by atoms with van der Waals surface area (Å²) >= 11 is 0. The molecule has 2 fully saturated rings. The summed E-state index contributed by atoms with van der Waals surface area (Å²) in [5.74, 6) is -3.24. The molecule has 2 aromatic rings. The molecule has 22 heteroatoms. The Balaban J connectivity index is 1.26. The van der Waals surface area contributed by atoms with Crippen LogP contribution in [0.15, 0.2) is 12.1 Å². The molecule has 2 saturated heterocycles. The smallest absolute Gasteiger partial charge is 0.202 e. The lowest BCUT2D eigenvalue weighted by molar-refractivity contribution is -0.298. The molecule has 392 valence electrons. The third-order valence-corrected chi connectivity index (χ3v) is 13.1. The van der Waals surface area contributed by atoms with Crippen LogP contribution in [0.4, 0.5) is 0 Å². The van der Waals surface area contributed by atoms with E-state index < -0.39 is 140 Å². The van der Waals surface area contributed by atoms with Crippen LogP contribution in [0, 0.1) is 12.8 Å². The van der Waals surface area contributed by atoms with E-state index in [4.69, 9.17) is 52.1 Å². The number of hydrogen-bond donors (Lipinski definition) is 9. The van der Waals surface area contributed by atoms with Crippen molar-refractivity contribution < 1.29 is 108 Å².